The van der Waals surface area contributed by atoms with Gasteiger partial charge in [0.1, 0.15) is 11.4 Å². The summed E-state index contributed by atoms with van der Waals surface area (Å²) in [4.78, 5) is 34.2. The summed E-state index contributed by atoms with van der Waals surface area (Å²) in [5, 5.41) is 22.9. The van der Waals surface area contributed by atoms with Crippen molar-refractivity contribution in [1.29, 1.82) is 0 Å². The van der Waals surface area contributed by atoms with Gasteiger partial charge in [0.25, 0.3) is 5.69 Å². The van der Waals surface area contributed by atoms with Gasteiger partial charge < -0.3 is 20.1 Å². The lowest BCUT2D eigenvalue weighted by Crippen LogP contribution is -2.42. The predicted molar refractivity (Wildman–Crippen MR) is 119 cm³/mol. The van der Waals surface area contributed by atoms with E-state index in [0.29, 0.717) is 6.07 Å². The molecular weight excluding hydrogens is 433 g/mol. The number of hydrogen-bond donors (Lipinski definition) is 2. The van der Waals surface area contributed by atoms with Crippen molar-refractivity contribution in [3.8, 4) is 11.5 Å². The lowest BCUT2D eigenvalue weighted by Gasteiger charge is -2.39. The molecule has 0 radical (unpaired) electrons. The number of anilines is 1. The lowest BCUT2D eigenvalue weighted by molar-refractivity contribution is -0.384. The third-order valence-corrected chi connectivity index (χ3v) is 5.96. The molecule has 2 N–H and O–H groups in total. The largest absolute Gasteiger partial charge is 0.465 e. The smallest absolute Gasteiger partial charge is 0.407 e. The third-order valence-electron chi connectivity index (χ3n) is 5.96. The average molecular weight is 459 g/mol. The molecule has 2 aromatic rings. The quantitative estimate of drug-likeness (QED) is 0.303. The maximum atomic E-state index is 14.3. The van der Waals surface area contributed by atoms with E-state index in [4.69, 9.17) is 4.74 Å². The van der Waals surface area contributed by atoms with Crippen LogP contribution in [0.5, 0.6) is 11.5 Å². The Morgan fingerprint density at radius 1 is 1.30 bits per heavy atom. The minimum Gasteiger partial charge on any atom is -0.465 e. The van der Waals surface area contributed by atoms with Gasteiger partial charge in [-0.15, -0.1) is 0 Å². The third kappa shape index (κ3) is 5.97. The Bertz CT molecular complexity index is 1030. The van der Waals surface area contributed by atoms with Crippen LogP contribution >= 0.6 is 0 Å². The highest BCUT2D eigenvalue weighted by Crippen LogP contribution is 2.38. The molecule has 176 valence electrons. The summed E-state index contributed by atoms with van der Waals surface area (Å²) in [6.45, 7) is 4.61. The fraction of sp³-hybridized carbons (Fsp3) is 0.391. The van der Waals surface area contributed by atoms with Crippen molar-refractivity contribution < 1.29 is 28.7 Å². The second kappa shape index (κ2) is 9.85. The number of nitro benzene ring substituents is 1. The first-order valence-electron chi connectivity index (χ1n) is 10.5. The van der Waals surface area contributed by atoms with Gasteiger partial charge in [0.2, 0.25) is 6.41 Å². The highest BCUT2D eigenvalue weighted by molar-refractivity contribution is 5.78. The minimum absolute atomic E-state index is 0.0376. The van der Waals surface area contributed by atoms with Crippen molar-refractivity contribution in [2.45, 2.75) is 52.1 Å². The molecule has 2 amide bonds. The van der Waals surface area contributed by atoms with Crippen LogP contribution in [0.15, 0.2) is 36.4 Å². The first-order valence-corrected chi connectivity index (χ1v) is 10.5. The summed E-state index contributed by atoms with van der Waals surface area (Å²) in [6.07, 6.45) is 2.85. The van der Waals surface area contributed by atoms with Crippen LogP contribution < -0.4 is 10.1 Å². The zero-order chi connectivity index (χ0) is 24.2. The molecule has 1 aliphatic rings. The molecule has 1 fully saturated rings. The topological polar surface area (TPSA) is 122 Å². The number of rotatable bonds is 8. The zero-order valence-electron chi connectivity index (χ0n) is 18.4. The van der Waals surface area contributed by atoms with E-state index < -0.39 is 22.5 Å². The van der Waals surface area contributed by atoms with Crippen LogP contribution in [0.4, 0.5) is 20.6 Å². The summed E-state index contributed by atoms with van der Waals surface area (Å²) < 4.78 is 19.8. The SMILES string of the molecule is CC1(C)CCC(N(Cc2ccc(Oc3cc(NC=O)c([N+](=O)[O-])cc3F)cc2)C(=O)O)CC1. The summed E-state index contributed by atoms with van der Waals surface area (Å²) >= 11 is 0. The van der Waals surface area contributed by atoms with E-state index in [1.165, 1.54) is 4.90 Å². The number of nitrogens with zero attached hydrogens (tertiary/aromatic N) is 2. The Morgan fingerprint density at radius 2 is 1.94 bits per heavy atom. The second-order valence-corrected chi connectivity index (χ2v) is 8.87. The molecule has 0 unspecified atom stereocenters. The fourth-order valence-electron chi connectivity index (χ4n) is 3.99. The van der Waals surface area contributed by atoms with Gasteiger partial charge in [0, 0.05) is 18.7 Å². The molecule has 33 heavy (non-hydrogen) atoms. The summed E-state index contributed by atoms with van der Waals surface area (Å²) in [5.41, 5.74) is 0.188. The maximum absolute atomic E-state index is 14.3. The lowest BCUT2D eigenvalue weighted by atomic mass is 9.75. The maximum Gasteiger partial charge on any atom is 0.407 e. The highest BCUT2D eigenvalue weighted by Gasteiger charge is 2.32. The predicted octanol–water partition coefficient (Wildman–Crippen LogP) is 5.54. The van der Waals surface area contributed by atoms with Crippen LogP contribution in [0, 0.1) is 21.3 Å². The number of benzene rings is 2. The molecule has 2 aromatic carbocycles. The molecule has 1 saturated carbocycles. The monoisotopic (exact) mass is 459 g/mol. The van der Waals surface area contributed by atoms with Crippen LogP contribution in [0.2, 0.25) is 0 Å². The molecule has 0 atom stereocenters. The number of carboxylic acid groups (broad SMARTS) is 1. The Balaban J connectivity index is 1.72. The van der Waals surface area contributed by atoms with Gasteiger partial charge in [0.05, 0.1) is 11.0 Å². The Kier molecular flexibility index (Phi) is 7.15. The van der Waals surface area contributed by atoms with E-state index in [-0.39, 0.29) is 41.6 Å². The molecule has 9 nitrogen and oxygen atoms in total. The number of nitrogens with one attached hydrogen (secondary N) is 1. The summed E-state index contributed by atoms with van der Waals surface area (Å²) in [6, 6.07) is 8.17. The Hall–Kier alpha value is -3.69. The van der Waals surface area contributed by atoms with Crippen LogP contribution in [0.1, 0.15) is 45.1 Å². The number of ether oxygens (including phenoxy) is 1. The van der Waals surface area contributed by atoms with Crippen LogP contribution in [-0.4, -0.2) is 33.5 Å². The first kappa shape index (κ1) is 24.0. The van der Waals surface area contributed by atoms with E-state index in [1.807, 2.05) is 0 Å². The van der Waals surface area contributed by atoms with Crippen molar-refractivity contribution >= 4 is 23.9 Å². The zero-order valence-corrected chi connectivity index (χ0v) is 18.4. The number of hydrogen-bond acceptors (Lipinski definition) is 5. The van der Waals surface area contributed by atoms with Gasteiger partial charge in [-0.1, -0.05) is 26.0 Å². The van der Waals surface area contributed by atoms with E-state index in [9.17, 15) is 29.2 Å². The molecule has 10 heteroatoms. The number of amides is 2. The molecule has 1 aliphatic carbocycles. The van der Waals surface area contributed by atoms with Crippen molar-refractivity contribution in [2.24, 2.45) is 5.41 Å². The molecule has 0 saturated heterocycles. The van der Waals surface area contributed by atoms with Gasteiger partial charge in [-0.2, -0.15) is 0 Å². The number of carbonyl (C=O) groups excluding carboxylic acids is 1. The Morgan fingerprint density at radius 3 is 2.48 bits per heavy atom. The first-order chi connectivity index (χ1) is 15.6. The van der Waals surface area contributed by atoms with E-state index >= 15 is 0 Å². The van der Waals surface area contributed by atoms with Crippen molar-refractivity contribution in [3.63, 3.8) is 0 Å². The molecule has 3 rings (SSSR count). The van der Waals surface area contributed by atoms with E-state index in [1.54, 1.807) is 24.3 Å². The summed E-state index contributed by atoms with van der Waals surface area (Å²) in [5.74, 6) is -1.00. The molecule has 0 aromatic heterocycles. The molecule has 0 heterocycles. The number of carbonyl (C=O) groups is 2. The highest BCUT2D eigenvalue weighted by atomic mass is 19.1. The van der Waals surface area contributed by atoms with E-state index in [0.717, 1.165) is 37.3 Å². The summed E-state index contributed by atoms with van der Waals surface area (Å²) in [7, 11) is 0. The standard InChI is InChI=1S/C23H26FN3O6/c1-23(2)9-7-16(8-10-23)26(22(29)30)13-15-3-5-17(6-4-15)33-21-12-19(25-14-28)20(27(31)32)11-18(21)24/h3-6,11-12,14,16H,7-10,13H2,1-2H3,(H,25,28)(H,29,30). The Labute approximate surface area is 190 Å². The fourth-order valence-corrected chi connectivity index (χ4v) is 3.99. The average Bonchev–Trinajstić information content (AvgIpc) is 2.75. The van der Waals surface area contributed by atoms with Crippen molar-refractivity contribution in [2.75, 3.05) is 5.32 Å². The second-order valence-electron chi connectivity index (χ2n) is 8.87. The van der Waals surface area contributed by atoms with Gasteiger partial charge in [-0.3, -0.25) is 14.9 Å². The number of nitro groups is 1. The normalized spacial score (nSPS) is 15.5. The van der Waals surface area contributed by atoms with Crippen LogP contribution in [0.25, 0.3) is 0 Å². The van der Waals surface area contributed by atoms with Crippen LogP contribution in [-0.2, 0) is 11.3 Å². The van der Waals surface area contributed by atoms with Gasteiger partial charge in [-0.05, 0) is 48.8 Å². The molecule has 0 aliphatic heterocycles. The van der Waals surface area contributed by atoms with Crippen molar-refractivity contribution in [3.05, 3.63) is 57.9 Å². The minimum atomic E-state index is -0.969. The van der Waals surface area contributed by atoms with Crippen molar-refractivity contribution in [1.82, 2.24) is 4.90 Å². The van der Waals surface area contributed by atoms with Gasteiger partial charge >= 0.3 is 6.09 Å². The van der Waals surface area contributed by atoms with Gasteiger partial charge in [-0.25, -0.2) is 9.18 Å². The molecule has 0 spiro atoms. The molecule has 0 bridgehead atoms. The van der Waals surface area contributed by atoms with E-state index in [2.05, 4.69) is 19.2 Å². The van der Waals surface area contributed by atoms with Crippen LogP contribution in [0.3, 0.4) is 0 Å². The number of halogens is 1. The molecular formula is C23H26FN3O6. The van der Waals surface area contributed by atoms with Gasteiger partial charge in [0.15, 0.2) is 11.6 Å².